The number of amides is 1. The molecule has 1 N–H and O–H groups in total. The molecule has 1 aliphatic rings. The number of nitrogens with one attached hydrogen (secondary N) is 1. The number of hydrogen-bond acceptors (Lipinski definition) is 5. The first-order valence-corrected chi connectivity index (χ1v) is 8.19. The van der Waals surface area contributed by atoms with Crippen molar-refractivity contribution in [2.45, 2.75) is 26.7 Å². The van der Waals surface area contributed by atoms with E-state index in [9.17, 15) is 14.4 Å². The number of ether oxygens (including phenoxy) is 1. The molecule has 0 atom stereocenters. The zero-order valence-electron chi connectivity index (χ0n) is 14.1. The molecule has 0 unspecified atom stereocenters. The Balaban J connectivity index is 2.04. The predicted octanol–water partition coefficient (Wildman–Crippen LogP) is 2.07. The fraction of sp³-hybridized carbons (Fsp3) is 0.333. The SMILES string of the molecule is CCOC(=O)c1nn(-c2ccc(C)cc2)c(=O)cc1NC(=O)C1CC1. The molecule has 0 bridgehead atoms. The van der Waals surface area contributed by atoms with Gasteiger partial charge in [-0.05, 0) is 38.8 Å². The summed E-state index contributed by atoms with van der Waals surface area (Å²) in [5.74, 6) is -0.955. The van der Waals surface area contributed by atoms with Gasteiger partial charge in [-0.2, -0.15) is 9.78 Å². The average Bonchev–Trinajstić information content (AvgIpc) is 3.41. The Morgan fingerprint density at radius 3 is 2.56 bits per heavy atom. The van der Waals surface area contributed by atoms with Crippen molar-refractivity contribution in [3.05, 3.63) is 51.9 Å². The molecule has 0 radical (unpaired) electrons. The van der Waals surface area contributed by atoms with Crippen LogP contribution >= 0.6 is 0 Å². The van der Waals surface area contributed by atoms with Gasteiger partial charge >= 0.3 is 5.97 Å². The molecule has 1 heterocycles. The van der Waals surface area contributed by atoms with Gasteiger partial charge in [0.25, 0.3) is 5.56 Å². The molecule has 130 valence electrons. The standard InChI is InChI=1S/C18H19N3O4/c1-3-25-18(24)16-14(19-17(23)12-6-7-12)10-15(22)21(20-16)13-8-4-11(2)5-9-13/h4-5,8-10,12H,3,6-7H2,1-2H3,(H,19,23). The van der Waals surface area contributed by atoms with Gasteiger partial charge in [-0.15, -0.1) is 0 Å². The maximum Gasteiger partial charge on any atom is 0.360 e. The quantitative estimate of drug-likeness (QED) is 0.841. The van der Waals surface area contributed by atoms with Gasteiger partial charge in [0, 0.05) is 12.0 Å². The highest BCUT2D eigenvalue weighted by Gasteiger charge is 2.31. The monoisotopic (exact) mass is 341 g/mol. The molecule has 7 heteroatoms. The Kier molecular flexibility index (Phi) is 4.65. The molecule has 0 spiro atoms. The third-order valence-corrected chi connectivity index (χ3v) is 3.89. The van der Waals surface area contributed by atoms with E-state index in [2.05, 4.69) is 10.4 Å². The summed E-state index contributed by atoms with van der Waals surface area (Å²) in [6.45, 7) is 3.77. The van der Waals surface area contributed by atoms with Crippen molar-refractivity contribution in [3.63, 3.8) is 0 Å². The van der Waals surface area contributed by atoms with Gasteiger partial charge < -0.3 is 10.1 Å². The molecule has 1 aliphatic carbocycles. The molecular weight excluding hydrogens is 322 g/mol. The molecule has 3 rings (SSSR count). The van der Waals surface area contributed by atoms with Crippen molar-refractivity contribution < 1.29 is 14.3 Å². The van der Waals surface area contributed by atoms with E-state index in [1.54, 1.807) is 19.1 Å². The normalized spacial score (nSPS) is 13.4. The fourth-order valence-electron chi connectivity index (χ4n) is 2.35. The summed E-state index contributed by atoms with van der Waals surface area (Å²) in [7, 11) is 0. The highest BCUT2D eigenvalue weighted by molar-refractivity contribution is 6.01. The van der Waals surface area contributed by atoms with Crippen LogP contribution in [-0.2, 0) is 9.53 Å². The minimum absolute atomic E-state index is 0.0606. The second-order valence-corrected chi connectivity index (χ2v) is 5.98. The van der Waals surface area contributed by atoms with Crippen LogP contribution in [0, 0.1) is 12.8 Å². The zero-order chi connectivity index (χ0) is 18.0. The number of esters is 1. The number of rotatable bonds is 5. The minimum atomic E-state index is -0.686. The molecule has 25 heavy (non-hydrogen) atoms. The predicted molar refractivity (Wildman–Crippen MR) is 91.9 cm³/mol. The molecule has 1 amide bonds. The number of benzene rings is 1. The number of carbonyl (C=O) groups excluding carboxylic acids is 2. The summed E-state index contributed by atoms with van der Waals surface area (Å²) in [5, 5.41) is 6.76. The maximum absolute atomic E-state index is 12.4. The van der Waals surface area contributed by atoms with Crippen LogP contribution in [0.3, 0.4) is 0 Å². The van der Waals surface area contributed by atoms with Crippen LogP contribution in [0.15, 0.2) is 35.1 Å². The van der Waals surface area contributed by atoms with Gasteiger partial charge in [0.1, 0.15) is 0 Å². The largest absolute Gasteiger partial charge is 0.461 e. The summed E-state index contributed by atoms with van der Waals surface area (Å²) in [4.78, 5) is 36.7. The van der Waals surface area contributed by atoms with Crippen molar-refractivity contribution in [1.82, 2.24) is 9.78 Å². The number of nitrogens with zero attached hydrogens (tertiary/aromatic N) is 2. The summed E-state index contributed by atoms with van der Waals surface area (Å²) < 4.78 is 6.13. The molecular formula is C18H19N3O4. The molecule has 1 saturated carbocycles. The van der Waals surface area contributed by atoms with Gasteiger partial charge in [-0.3, -0.25) is 9.59 Å². The molecule has 7 nitrogen and oxygen atoms in total. The van der Waals surface area contributed by atoms with Gasteiger partial charge in [0.2, 0.25) is 5.91 Å². The fourth-order valence-corrected chi connectivity index (χ4v) is 2.35. The lowest BCUT2D eigenvalue weighted by Gasteiger charge is -2.12. The number of carbonyl (C=O) groups is 2. The second kappa shape index (κ2) is 6.88. The van der Waals surface area contributed by atoms with Gasteiger partial charge in [-0.25, -0.2) is 4.79 Å². The lowest BCUT2D eigenvalue weighted by atomic mass is 10.2. The smallest absolute Gasteiger partial charge is 0.360 e. The Labute approximate surface area is 144 Å². The van der Waals surface area contributed by atoms with E-state index in [0.717, 1.165) is 23.1 Å². The van der Waals surface area contributed by atoms with Gasteiger partial charge in [-0.1, -0.05) is 17.7 Å². The van der Waals surface area contributed by atoms with E-state index >= 15 is 0 Å². The summed E-state index contributed by atoms with van der Waals surface area (Å²) in [5.41, 5.74) is 1.12. The highest BCUT2D eigenvalue weighted by Crippen LogP contribution is 2.30. The average molecular weight is 341 g/mol. The van der Waals surface area contributed by atoms with Crippen LogP contribution in [0.25, 0.3) is 5.69 Å². The van der Waals surface area contributed by atoms with Crippen LogP contribution in [-0.4, -0.2) is 28.3 Å². The maximum atomic E-state index is 12.4. The Bertz CT molecular complexity index is 867. The molecule has 0 aliphatic heterocycles. The van der Waals surface area contributed by atoms with Crippen LogP contribution in [0.5, 0.6) is 0 Å². The zero-order valence-corrected chi connectivity index (χ0v) is 14.1. The lowest BCUT2D eigenvalue weighted by Crippen LogP contribution is -2.27. The van der Waals surface area contributed by atoms with Crippen molar-refractivity contribution in [2.75, 3.05) is 11.9 Å². The van der Waals surface area contributed by atoms with Crippen LogP contribution < -0.4 is 10.9 Å². The molecule has 0 saturated heterocycles. The molecule has 1 aromatic heterocycles. The number of anilines is 1. The van der Waals surface area contributed by atoms with Crippen molar-refractivity contribution in [2.24, 2.45) is 5.92 Å². The second-order valence-electron chi connectivity index (χ2n) is 5.98. The third kappa shape index (κ3) is 3.76. The van der Waals surface area contributed by atoms with Crippen LogP contribution in [0.2, 0.25) is 0 Å². The molecule has 2 aromatic rings. The first kappa shape index (κ1) is 16.9. The first-order valence-electron chi connectivity index (χ1n) is 8.19. The Hall–Kier alpha value is -2.96. The number of aryl methyl sites for hydroxylation is 1. The topological polar surface area (TPSA) is 90.3 Å². The minimum Gasteiger partial charge on any atom is -0.461 e. The van der Waals surface area contributed by atoms with E-state index in [-0.39, 0.29) is 29.8 Å². The van der Waals surface area contributed by atoms with E-state index in [1.807, 2.05) is 19.1 Å². The Morgan fingerprint density at radius 1 is 1.28 bits per heavy atom. The van der Waals surface area contributed by atoms with Crippen LogP contribution in [0.4, 0.5) is 5.69 Å². The Morgan fingerprint density at radius 2 is 1.96 bits per heavy atom. The van der Waals surface area contributed by atoms with E-state index in [1.165, 1.54) is 6.07 Å². The number of hydrogen-bond donors (Lipinski definition) is 1. The van der Waals surface area contributed by atoms with E-state index in [4.69, 9.17) is 4.74 Å². The highest BCUT2D eigenvalue weighted by atomic mass is 16.5. The summed E-state index contributed by atoms with van der Waals surface area (Å²) in [6.07, 6.45) is 1.63. The number of aromatic nitrogens is 2. The van der Waals surface area contributed by atoms with E-state index in [0.29, 0.717) is 5.69 Å². The summed E-state index contributed by atoms with van der Waals surface area (Å²) >= 11 is 0. The van der Waals surface area contributed by atoms with Crippen LogP contribution in [0.1, 0.15) is 35.8 Å². The van der Waals surface area contributed by atoms with Gasteiger partial charge in [0.15, 0.2) is 5.69 Å². The van der Waals surface area contributed by atoms with Crippen molar-refractivity contribution >= 4 is 17.6 Å². The van der Waals surface area contributed by atoms with Crippen molar-refractivity contribution in [1.29, 1.82) is 0 Å². The van der Waals surface area contributed by atoms with E-state index < -0.39 is 11.5 Å². The lowest BCUT2D eigenvalue weighted by molar-refractivity contribution is -0.117. The molecule has 1 fully saturated rings. The van der Waals surface area contributed by atoms with Crippen molar-refractivity contribution in [3.8, 4) is 5.69 Å². The third-order valence-electron chi connectivity index (χ3n) is 3.89. The first-order chi connectivity index (χ1) is 12.0. The molecule has 1 aromatic carbocycles. The summed E-state index contributed by atoms with van der Waals surface area (Å²) in [6, 6.07) is 8.37. The van der Waals surface area contributed by atoms with Gasteiger partial charge in [0.05, 0.1) is 18.0 Å².